The van der Waals surface area contributed by atoms with Crippen LogP contribution in [0.5, 0.6) is 0 Å². The summed E-state index contributed by atoms with van der Waals surface area (Å²) < 4.78 is 41.4. The topological polar surface area (TPSA) is 133 Å². The maximum absolute atomic E-state index is 13.3. The van der Waals surface area contributed by atoms with Crippen molar-refractivity contribution in [1.82, 2.24) is 24.9 Å². The number of benzene rings is 2. The van der Waals surface area contributed by atoms with Gasteiger partial charge in [0, 0.05) is 12.1 Å². The molecule has 0 unspecified atom stereocenters. The highest BCUT2D eigenvalue weighted by molar-refractivity contribution is 7.89. The summed E-state index contributed by atoms with van der Waals surface area (Å²) in [6, 6.07) is 9.91. The summed E-state index contributed by atoms with van der Waals surface area (Å²) in [5.74, 6) is -0.350. The van der Waals surface area contributed by atoms with Gasteiger partial charge in [-0.05, 0) is 40.8 Å². The van der Waals surface area contributed by atoms with Gasteiger partial charge in [-0.15, -0.1) is 5.10 Å². The Balaban J connectivity index is 1.79. The molecule has 0 bridgehead atoms. The molecule has 3 rings (SSSR count). The number of rotatable bonds is 6. The van der Waals surface area contributed by atoms with Crippen LogP contribution in [0.25, 0.3) is 5.69 Å². The highest BCUT2D eigenvalue weighted by atomic mass is 32.2. The van der Waals surface area contributed by atoms with E-state index in [-0.39, 0.29) is 23.0 Å². The van der Waals surface area contributed by atoms with Crippen molar-refractivity contribution in [2.45, 2.75) is 11.4 Å². The SMILES string of the molecule is O=[N+]([O-])c1ccc(S(=O)(=O)NCc2nnnn2-c2cccc(F)c2)cc1. The molecule has 1 heterocycles. The smallest absolute Gasteiger partial charge is 0.258 e. The molecule has 0 aliphatic carbocycles. The predicted octanol–water partition coefficient (Wildman–Crippen LogP) is 1.19. The van der Waals surface area contributed by atoms with Gasteiger partial charge < -0.3 is 0 Å². The molecule has 0 aliphatic rings. The first-order valence-electron chi connectivity index (χ1n) is 7.14. The summed E-state index contributed by atoms with van der Waals surface area (Å²) >= 11 is 0. The van der Waals surface area contributed by atoms with E-state index in [0.29, 0.717) is 5.69 Å². The number of nitro groups is 1. The Labute approximate surface area is 146 Å². The van der Waals surface area contributed by atoms with E-state index in [4.69, 9.17) is 0 Å². The van der Waals surface area contributed by atoms with Crippen LogP contribution in [0, 0.1) is 15.9 Å². The Bertz CT molecular complexity index is 1050. The first kappa shape index (κ1) is 17.6. The van der Waals surface area contributed by atoms with Gasteiger partial charge in [0.15, 0.2) is 5.82 Å². The Hall–Kier alpha value is -3.25. The monoisotopic (exact) mass is 378 g/mol. The van der Waals surface area contributed by atoms with Gasteiger partial charge in [-0.2, -0.15) is 4.68 Å². The molecule has 0 aliphatic heterocycles. The normalized spacial score (nSPS) is 11.4. The Morgan fingerprint density at radius 3 is 2.58 bits per heavy atom. The molecular weight excluding hydrogens is 367 g/mol. The standard InChI is InChI=1S/C14H11FN6O4S/c15-10-2-1-3-12(8-10)20-14(17-18-19-20)9-16-26(24,25)13-6-4-11(5-7-13)21(22)23/h1-8,16H,9H2. The summed E-state index contributed by atoms with van der Waals surface area (Å²) in [6.45, 7) is -0.261. The number of aromatic nitrogens is 4. The molecule has 0 saturated heterocycles. The lowest BCUT2D eigenvalue weighted by Crippen LogP contribution is -2.25. The quantitative estimate of drug-likeness (QED) is 0.503. The van der Waals surface area contributed by atoms with Crippen LogP contribution in [0.1, 0.15) is 5.82 Å². The molecule has 3 aromatic rings. The van der Waals surface area contributed by atoms with Crippen LogP contribution in [0.4, 0.5) is 10.1 Å². The van der Waals surface area contributed by atoms with Crippen molar-refractivity contribution in [3.8, 4) is 5.69 Å². The molecule has 12 heteroatoms. The van der Waals surface area contributed by atoms with Crippen molar-refractivity contribution in [3.05, 3.63) is 70.3 Å². The average molecular weight is 378 g/mol. The van der Waals surface area contributed by atoms with Gasteiger partial charge in [0.1, 0.15) is 5.82 Å². The fourth-order valence-electron chi connectivity index (χ4n) is 2.11. The summed E-state index contributed by atoms with van der Waals surface area (Å²) in [4.78, 5) is 9.85. The molecular formula is C14H11FN6O4S. The Kier molecular flexibility index (Phi) is 4.69. The number of hydrogen-bond acceptors (Lipinski definition) is 7. The molecule has 0 atom stereocenters. The first-order chi connectivity index (χ1) is 12.4. The maximum atomic E-state index is 13.3. The van der Waals surface area contributed by atoms with Crippen molar-refractivity contribution in [2.75, 3.05) is 0 Å². The summed E-state index contributed by atoms with van der Waals surface area (Å²) in [7, 11) is -3.94. The zero-order valence-corrected chi connectivity index (χ0v) is 13.8. The van der Waals surface area contributed by atoms with E-state index >= 15 is 0 Å². The van der Waals surface area contributed by atoms with Gasteiger partial charge in [0.05, 0.1) is 22.1 Å². The summed E-state index contributed by atoms with van der Waals surface area (Å²) in [6.07, 6.45) is 0. The van der Waals surface area contributed by atoms with Crippen molar-refractivity contribution in [1.29, 1.82) is 0 Å². The Morgan fingerprint density at radius 2 is 1.92 bits per heavy atom. The molecule has 0 saturated carbocycles. The number of nitrogens with zero attached hydrogens (tertiary/aromatic N) is 5. The van der Waals surface area contributed by atoms with Gasteiger partial charge >= 0.3 is 0 Å². The second-order valence-corrected chi connectivity index (χ2v) is 6.83. The number of nitrogens with one attached hydrogen (secondary N) is 1. The Morgan fingerprint density at radius 1 is 1.19 bits per heavy atom. The van der Waals surface area contributed by atoms with Gasteiger partial charge in [-0.3, -0.25) is 10.1 Å². The van der Waals surface area contributed by atoms with Gasteiger partial charge in [0.2, 0.25) is 10.0 Å². The highest BCUT2D eigenvalue weighted by Gasteiger charge is 2.18. The van der Waals surface area contributed by atoms with Crippen molar-refractivity contribution < 1.29 is 17.7 Å². The minimum atomic E-state index is -3.94. The molecule has 0 fully saturated rings. The average Bonchev–Trinajstić information content (AvgIpc) is 3.09. The third-order valence-electron chi connectivity index (χ3n) is 3.36. The van der Waals surface area contributed by atoms with Crippen molar-refractivity contribution >= 4 is 15.7 Å². The molecule has 26 heavy (non-hydrogen) atoms. The third kappa shape index (κ3) is 3.70. The van der Waals surface area contributed by atoms with Crippen LogP contribution in [0.3, 0.4) is 0 Å². The van der Waals surface area contributed by atoms with Crippen LogP contribution in [-0.4, -0.2) is 33.5 Å². The molecule has 10 nitrogen and oxygen atoms in total. The second kappa shape index (κ2) is 6.93. The van der Waals surface area contributed by atoms with Crippen LogP contribution in [0.2, 0.25) is 0 Å². The number of sulfonamides is 1. The summed E-state index contributed by atoms with van der Waals surface area (Å²) in [5.41, 5.74) is 0.110. The van der Waals surface area contributed by atoms with Gasteiger partial charge in [-0.1, -0.05) is 6.07 Å². The van der Waals surface area contributed by atoms with Crippen molar-refractivity contribution in [3.63, 3.8) is 0 Å². The number of hydrogen-bond donors (Lipinski definition) is 1. The van der Waals surface area contributed by atoms with E-state index in [1.54, 1.807) is 6.07 Å². The van der Waals surface area contributed by atoms with Gasteiger partial charge in [0.25, 0.3) is 5.69 Å². The van der Waals surface area contributed by atoms with E-state index < -0.39 is 20.8 Å². The molecule has 0 radical (unpaired) electrons. The zero-order chi connectivity index (χ0) is 18.7. The lowest BCUT2D eigenvalue weighted by atomic mass is 10.3. The minimum Gasteiger partial charge on any atom is -0.258 e. The molecule has 0 spiro atoms. The van der Waals surface area contributed by atoms with Crippen LogP contribution in [-0.2, 0) is 16.6 Å². The van der Waals surface area contributed by atoms with Crippen LogP contribution >= 0.6 is 0 Å². The number of non-ortho nitro benzene ring substituents is 1. The van der Waals surface area contributed by atoms with E-state index in [1.165, 1.54) is 22.9 Å². The number of tetrazole rings is 1. The molecule has 2 aromatic carbocycles. The lowest BCUT2D eigenvalue weighted by molar-refractivity contribution is -0.384. The fourth-order valence-corrected chi connectivity index (χ4v) is 3.09. The van der Waals surface area contributed by atoms with Crippen molar-refractivity contribution in [2.24, 2.45) is 0 Å². The molecule has 1 N–H and O–H groups in total. The molecule has 1 aromatic heterocycles. The second-order valence-electron chi connectivity index (χ2n) is 5.06. The first-order valence-corrected chi connectivity index (χ1v) is 8.62. The third-order valence-corrected chi connectivity index (χ3v) is 4.78. The van der Waals surface area contributed by atoms with Gasteiger partial charge in [-0.25, -0.2) is 17.5 Å². The zero-order valence-electron chi connectivity index (χ0n) is 13.0. The number of nitro benzene ring substituents is 1. The maximum Gasteiger partial charge on any atom is 0.269 e. The fraction of sp³-hybridized carbons (Fsp3) is 0.0714. The van der Waals surface area contributed by atoms with E-state index in [0.717, 1.165) is 24.3 Å². The summed E-state index contributed by atoms with van der Waals surface area (Å²) in [5, 5.41) is 21.5. The van der Waals surface area contributed by atoms with Crippen LogP contribution in [0.15, 0.2) is 53.4 Å². The highest BCUT2D eigenvalue weighted by Crippen LogP contribution is 2.16. The van der Waals surface area contributed by atoms with E-state index in [1.807, 2.05) is 0 Å². The molecule has 0 amide bonds. The molecule has 134 valence electrons. The minimum absolute atomic E-state index is 0.140. The predicted molar refractivity (Wildman–Crippen MR) is 86.2 cm³/mol. The van der Waals surface area contributed by atoms with Crippen LogP contribution < -0.4 is 4.72 Å². The number of halogens is 1. The van der Waals surface area contributed by atoms with E-state index in [9.17, 15) is 22.9 Å². The lowest BCUT2D eigenvalue weighted by Gasteiger charge is -2.07. The largest absolute Gasteiger partial charge is 0.269 e. The van der Waals surface area contributed by atoms with E-state index in [2.05, 4.69) is 20.2 Å².